The fourth-order valence-corrected chi connectivity index (χ4v) is 1.59. The van der Waals surface area contributed by atoms with Crippen LogP contribution in [0.5, 0.6) is 0 Å². The molecule has 18 heavy (non-hydrogen) atoms. The summed E-state index contributed by atoms with van der Waals surface area (Å²) >= 11 is 0. The van der Waals surface area contributed by atoms with Gasteiger partial charge in [-0.3, -0.25) is 5.10 Å². The number of nitrogens with one attached hydrogen (secondary N) is 1. The van der Waals surface area contributed by atoms with Gasteiger partial charge in [0.2, 0.25) is 0 Å². The van der Waals surface area contributed by atoms with Crippen LogP contribution in [-0.4, -0.2) is 15.2 Å². The first-order valence-corrected chi connectivity index (χ1v) is 5.82. The van der Waals surface area contributed by atoms with E-state index in [0.717, 1.165) is 6.42 Å². The van der Waals surface area contributed by atoms with Gasteiger partial charge < -0.3 is 0 Å². The maximum atomic E-state index is 3.56. The lowest BCUT2D eigenvalue weighted by Crippen LogP contribution is -1.85. The Hall–Kier alpha value is -2.42. The second kappa shape index (κ2) is 7.01. The Morgan fingerprint density at radius 2 is 1.33 bits per heavy atom. The highest BCUT2D eigenvalue weighted by atomic mass is 15.2. The minimum Gasteiger partial charge on any atom is -0.266 e. The zero-order valence-corrected chi connectivity index (χ0v) is 10.0. The molecule has 1 aromatic heterocycles. The number of H-pyrrole nitrogens is 1. The molecular weight excluding hydrogens is 222 g/mol. The van der Waals surface area contributed by atoms with E-state index in [1.165, 1.54) is 23.8 Å². The van der Waals surface area contributed by atoms with Gasteiger partial charge in [0.15, 0.2) is 0 Å². The molecule has 0 fully saturated rings. The van der Waals surface area contributed by atoms with Crippen LogP contribution in [0.2, 0.25) is 0 Å². The highest BCUT2D eigenvalue weighted by Crippen LogP contribution is 2.07. The van der Waals surface area contributed by atoms with Crippen molar-refractivity contribution in [2.45, 2.75) is 6.42 Å². The van der Waals surface area contributed by atoms with Crippen LogP contribution in [-0.2, 0) is 6.42 Å². The molecule has 0 amide bonds. The zero-order valence-electron chi connectivity index (χ0n) is 10.0. The summed E-state index contributed by atoms with van der Waals surface area (Å²) in [4.78, 5) is 3.56. The highest BCUT2D eigenvalue weighted by molar-refractivity contribution is 5.25. The molecule has 1 N–H and O–H groups in total. The molecule has 0 unspecified atom stereocenters. The van der Waals surface area contributed by atoms with Gasteiger partial charge >= 0.3 is 0 Å². The Labute approximate surface area is 107 Å². The standard InChI is InChI=1S/C13H12.C2H3N3/c1-3-7-12(8-4-1)11-13-9-5-2-6-10-13;1-3-2-5-4-1/h1-10H,11H2;1-2H,(H,3,4,5). The van der Waals surface area contributed by atoms with Crippen LogP contribution in [0.1, 0.15) is 11.1 Å². The predicted octanol–water partition coefficient (Wildman–Crippen LogP) is 3.08. The Bertz CT molecular complexity index is 463. The van der Waals surface area contributed by atoms with E-state index in [9.17, 15) is 0 Å². The van der Waals surface area contributed by atoms with Crippen LogP contribution in [0.25, 0.3) is 0 Å². The Kier molecular flexibility index (Phi) is 4.69. The third-order valence-electron chi connectivity index (χ3n) is 2.43. The summed E-state index contributed by atoms with van der Waals surface area (Å²) in [6, 6.07) is 21.1. The number of aromatic amines is 1. The molecule has 0 aliphatic heterocycles. The van der Waals surface area contributed by atoms with Crippen molar-refractivity contribution in [3.05, 3.63) is 84.4 Å². The second-order valence-corrected chi connectivity index (χ2v) is 3.80. The summed E-state index contributed by atoms with van der Waals surface area (Å²) in [5, 5.41) is 5.99. The third-order valence-corrected chi connectivity index (χ3v) is 2.43. The summed E-state index contributed by atoms with van der Waals surface area (Å²) in [5.41, 5.74) is 2.74. The fraction of sp³-hybridized carbons (Fsp3) is 0.0667. The maximum Gasteiger partial charge on any atom is 0.137 e. The molecule has 0 radical (unpaired) electrons. The van der Waals surface area contributed by atoms with Crippen LogP contribution in [0.15, 0.2) is 73.3 Å². The minimum atomic E-state index is 1.03. The minimum absolute atomic E-state index is 1.03. The number of rotatable bonds is 2. The molecule has 0 aliphatic carbocycles. The molecule has 3 aromatic rings. The van der Waals surface area contributed by atoms with E-state index >= 15 is 0 Å². The van der Waals surface area contributed by atoms with Gasteiger partial charge in [-0.25, -0.2) is 4.98 Å². The SMILES string of the molecule is c1ccc(Cc2ccccc2)cc1.c1nc[nH]n1. The average Bonchev–Trinajstić information content (AvgIpc) is 3.00. The first-order valence-electron chi connectivity index (χ1n) is 5.82. The van der Waals surface area contributed by atoms with Gasteiger partial charge in [0.05, 0.1) is 0 Å². The molecule has 0 atom stereocenters. The van der Waals surface area contributed by atoms with Crippen molar-refractivity contribution in [1.29, 1.82) is 0 Å². The molecule has 2 aromatic carbocycles. The van der Waals surface area contributed by atoms with E-state index in [2.05, 4.69) is 75.8 Å². The average molecular weight is 237 g/mol. The van der Waals surface area contributed by atoms with Gasteiger partial charge in [-0.15, -0.1) is 0 Å². The van der Waals surface area contributed by atoms with Crippen LogP contribution in [0, 0.1) is 0 Å². The fourth-order valence-electron chi connectivity index (χ4n) is 1.59. The molecule has 3 nitrogen and oxygen atoms in total. The molecule has 1 heterocycles. The van der Waals surface area contributed by atoms with E-state index in [-0.39, 0.29) is 0 Å². The number of aromatic nitrogens is 3. The summed E-state index contributed by atoms with van der Waals surface area (Å²) in [5.74, 6) is 0. The van der Waals surface area contributed by atoms with Crippen LogP contribution in [0.4, 0.5) is 0 Å². The Balaban J connectivity index is 0.000000202. The van der Waals surface area contributed by atoms with Gasteiger partial charge in [0.1, 0.15) is 12.7 Å². The summed E-state index contributed by atoms with van der Waals surface area (Å²) in [6.45, 7) is 0. The lowest BCUT2D eigenvalue weighted by atomic mass is 10.1. The molecule has 3 heteroatoms. The summed E-state index contributed by atoms with van der Waals surface area (Å²) in [6.07, 6.45) is 3.99. The van der Waals surface area contributed by atoms with Crippen molar-refractivity contribution in [2.24, 2.45) is 0 Å². The Morgan fingerprint density at radius 3 is 1.67 bits per heavy atom. The van der Waals surface area contributed by atoms with Gasteiger partial charge in [-0.1, -0.05) is 60.7 Å². The molecule has 0 saturated heterocycles. The first kappa shape index (κ1) is 12.0. The molecule has 3 rings (SSSR count). The lowest BCUT2D eigenvalue weighted by Gasteiger charge is -2.00. The van der Waals surface area contributed by atoms with Gasteiger partial charge in [0.25, 0.3) is 0 Å². The molecule has 90 valence electrons. The highest BCUT2D eigenvalue weighted by Gasteiger charge is 1.92. The normalized spacial score (nSPS) is 9.33. The van der Waals surface area contributed by atoms with E-state index in [1.807, 2.05) is 0 Å². The van der Waals surface area contributed by atoms with E-state index < -0.39 is 0 Å². The number of benzene rings is 2. The monoisotopic (exact) mass is 237 g/mol. The second-order valence-electron chi connectivity index (χ2n) is 3.80. The Morgan fingerprint density at radius 1 is 0.778 bits per heavy atom. The number of nitrogens with zero attached hydrogens (tertiary/aromatic N) is 2. The summed E-state index contributed by atoms with van der Waals surface area (Å²) in [7, 11) is 0. The topological polar surface area (TPSA) is 41.6 Å². The third kappa shape index (κ3) is 4.22. The smallest absolute Gasteiger partial charge is 0.137 e. The molecule has 0 spiro atoms. The van der Waals surface area contributed by atoms with E-state index in [0.29, 0.717) is 0 Å². The molecular formula is C15H15N3. The van der Waals surface area contributed by atoms with Crippen molar-refractivity contribution in [3.63, 3.8) is 0 Å². The first-order chi connectivity index (χ1) is 8.95. The van der Waals surface area contributed by atoms with Crippen LogP contribution < -0.4 is 0 Å². The van der Waals surface area contributed by atoms with Crippen LogP contribution >= 0.6 is 0 Å². The maximum absolute atomic E-state index is 3.56. The van der Waals surface area contributed by atoms with Crippen molar-refractivity contribution in [1.82, 2.24) is 15.2 Å². The van der Waals surface area contributed by atoms with Gasteiger partial charge in [0, 0.05) is 0 Å². The van der Waals surface area contributed by atoms with Crippen LogP contribution in [0.3, 0.4) is 0 Å². The molecule has 0 bridgehead atoms. The van der Waals surface area contributed by atoms with Gasteiger partial charge in [-0.05, 0) is 17.5 Å². The number of hydrogen-bond donors (Lipinski definition) is 1. The van der Waals surface area contributed by atoms with Crippen molar-refractivity contribution >= 4 is 0 Å². The molecule has 0 saturated carbocycles. The quantitative estimate of drug-likeness (QED) is 0.744. The van der Waals surface area contributed by atoms with Crippen molar-refractivity contribution < 1.29 is 0 Å². The van der Waals surface area contributed by atoms with E-state index in [1.54, 1.807) is 0 Å². The predicted molar refractivity (Wildman–Crippen MR) is 72.1 cm³/mol. The van der Waals surface area contributed by atoms with Gasteiger partial charge in [-0.2, -0.15) is 5.10 Å². The zero-order chi connectivity index (χ0) is 12.5. The van der Waals surface area contributed by atoms with Crippen molar-refractivity contribution in [2.75, 3.05) is 0 Å². The molecule has 0 aliphatic rings. The largest absolute Gasteiger partial charge is 0.266 e. The van der Waals surface area contributed by atoms with E-state index in [4.69, 9.17) is 0 Å². The number of hydrogen-bond acceptors (Lipinski definition) is 2. The summed E-state index contributed by atoms with van der Waals surface area (Å²) < 4.78 is 0. The lowest BCUT2D eigenvalue weighted by molar-refractivity contribution is 1.09. The van der Waals surface area contributed by atoms with Crippen molar-refractivity contribution in [3.8, 4) is 0 Å².